The van der Waals surface area contributed by atoms with Crippen LogP contribution in [0.1, 0.15) is 45.0 Å². The summed E-state index contributed by atoms with van der Waals surface area (Å²) in [6, 6.07) is 4.08. The SMILES string of the molecule is CCOC(=O)c1sc(NC(=O)COc2cccc(C(F)(F)F)c2)c(C(=O)OCC)c1C. The number of carbonyl (C=O) groups is 3. The Hall–Kier alpha value is -3.08. The van der Waals surface area contributed by atoms with E-state index in [1.807, 2.05) is 0 Å². The van der Waals surface area contributed by atoms with Gasteiger partial charge in [0, 0.05) is 0 Å². The molecule has 0 saturated heterocycles. The Balaban J connectivity index is 2.19. The summed E-state index contributed by atoms with van der Waals surface area (Å²) in [4.78, 5) is 36.9. The van der Waals surface area contributed by atoms with Gasteiger partial charge in [0.1, 0.15) is 15.6 Å². The molecular formula is C20H20F3NO6S. The highest BCUT2D eigenvalue weighted by Gasteiger charge is 2.31. The van der Waals surface area contributed by atoms with Gasteiger partial charge in [0.15, 0.2) is 6.61 Å². The summed E-state index contributed by atoms with van der Waals surface area (Å²) in [7, 11) is 0. The number of hydrogen-bond donors (Lipinski definition) is 1. The third kappa shape index (κ3) is 6.20. The summed E-state index contributed by atoms with van der Waals surface area (Å²) in [5, 5.41) is 2.50. The number of anilines is 1. The van der Waals surface area contributed by atoms with Crippen molar-refractivity contribution in [2.45, 2.75) is 26.9 Å². The third-order valence-corrected chi connectivity index (χ3v) is 5.06. The summed E-state index contributed by atoms with van der Waals surface area (Å²) >= 11 is 0.833. The summed E-state index contributed by atoms with van der Waals surface area (Å²) in [5.41, 5.74) is -0.624. The molecule has 2 rings (SSSR count). The Morgan fingerprint density at radius 3 is 2.32 bits per heavy atom. The lowest BCUT2D eigenvalue weighted by Gasteiger charge is -2.10. The molecule has 0 bridgehead atoms. The summed E-state index contributed by atoms with van der Waals surface area (Å²) < 4.78 is 53.4. The van der Waals surface area contributed by atoms with Crippen LogP contribution in [0.3, 0.4) is 0 Å². The van der Waals surface area contributed by atoms with Crippen molar-refractivity contribution in [3.63, 3.8) is 0 Å². The summed E-state index contributed by atoms with van der Waals surface area (Å²) in [5.74, 6) is -2.28. The molecule has 1 heterocycles. The number of ether oxygens (including phenoxy) is 3. The van der Waals surface area contributed by atoms with Crippen LogP contribution in [0.25, 0.3) is 0 Å². The lowest BCUT2D eigenvalue weighted by Crippen LogP contribution is -2.21. The summed E-state index contributed by atoms with van der Waals surface area (Å²) in [6.45, 7) is 4.33. The predicted octanol–water partition coefficient (Wildman–Crippen LogP) is 4.45. The van der Waals surface area contributed by atoms with Crippen LogP contribution in [0.5, 0.6) is 5.75 Å². The first-order valence-corrected chi connectivity index (χ1v) is 9.97. The van der Waals surface area contributed by atoms with Crippen molar-refractivity contribution >= 4 is 34.2 Å². The fourth-order valence-corrected chi connectivity index (χ4v) is 3.62. The van der Waals surface area contributed by atoms with Gasteiger partial charge in [-0.2, -0.15) is 13.2 Å². The van der Waals surface area contributed by atoms with Gasteiger partial charge in [-0.1, -0.05) is 6.07 Å². The lowest BCUT2D eigenvalue weighted by atomic mass is 10.1. The van der Waals surface area contributed by atoms with Crippen molar-refractivity contribution in [1.29, 1.82) is 0 Å². The Labute approximate surface area is 180 Å². The molecule has 2 aromatic rings. The maximum atomic E-state index is 12.8. The second-order valence-electron chi connectivity index (χ2n) is 6.06. The monoisotopic (exact) mass is 459 g/mol. The molecule has 0 radical (unpaired) electrons. The number of benzene rings is 1. The zero-order valence-electron chi connectivity index (χ0n) is 16.9. The van der Waals surface area contributed by atoms with E-state index in [-0.39, 0.29) is 40.0 Å². The van der Waals surface area contributed by atoms with E-state index in [4.69, 9.17) is 14.2 Å². The second kappa shape index (κ2) is 10.3. The molecule has 1 amide bonds. The van der Waals surface area contributed by atoms with Crippen molar-refractivity contribution in [1.82, 2.24) is 0 Å². The number of alkyl halides is 3. The van der Waals surface area contributed by atoms with Crippen LogP contribution in [-0.2, 0) is 20.4 Å². The molecule has 0 atom stereocenters. The molecule has 0 fully saturated rings. The highest BCUT2D eigenvalue weighted by atomic mass is 32.1. The van der Waals surface area contributed by atoms with Gasteiger partial charge < -0.3 is 19.5 Å². The highest BCUT2D eigenvalue weighted by Crippen LogP contribution is 2.34. The Bertz CT molecular complexity index is 970. The van der Waals surface area contributed by atoms with Gasteiger partial charge in [0.25, 0.3) is 5.91 Å². The van der Waals surface area contributed by atoms with E-state index in [2.05, 4.69) is 5.32 Å². The van der Waals surface area contributed by atoms with Gasteiger partial charge in [0.2, 0.25) is 0 Å². The van der Waals surface area contributed by atoms with Gasteiger partial charge >= 0.3 is 18.1 Å². The maximum absolute atomic E-state index is 12.8. The first-order valence-electron chi connectivity index (χ1n) is 9.16. The van der Waals surface area contributed by atoms with Gasteiger partial charge in [-0.05, 0) is 44.5 Å². The molecular weight excluding hydrogens is 439 g/mol. The normalized spacial score (nSPS) is 11.0. The standard InChI is InChI=1S/C20H20F3NO6S/c1-4-28-18(26)15-11(3)16(19(27)29-5-2)31-17(15)24-14(25)10-30-13-8-6-7-12(9-13)20(21,22)23/h6-9H,4-5,10H2,1-3H3,(H,24,25). The molecule has 0 aliphatic heterocycles. The largest absolute Gasteiger partial charge is 0.484 e. The number of hydrogen-bond acceptors (Lipinski definition) is 7. The number of nitrogens with one attached hydrogen (secondary N) is 1. The van der Waals surface area contributed by atoms with Gasteiger partial charge in [-0.3, -0.25) is 4.79 Å². The lowest BCUT2D eigenvalue weighted by molar-refractivity contribution is -0.137. The van der Waals surface area contributed by atoms with Crippen molar-refractivity contribution in [2.24, 2.45) is 0 Å². The average Bonchev–Trinajstić information content (AvgIpc) is 3.02. The number of amides is 1. The molecule has 1 aromatic carbocycles. The number of esters is 2. The molecule has 168 valence electrons. The van der Waals surface area contributed by atoms with E-state index < -0.39 is 36.2 Å². The average molecular weight is 459 g/mol. The predicted molar refractivity (Wildman–Crippen MR) is 107 cm³/mol. The summed E-state index contributed by atoms with van der Waals surface area (Å²) in [6.07, 6.45) is -4.55. The first-order chi connectivity index (χ1) is 14.6. The fraction of sp³-hybridized carbons (Fsp3) is 0.350. The molecule has 31 heavy (non-hydrogen) atoms. The molecule has 0 spiro atoms. The zero-order valence-corrected chi connectivity index (χ0v) is 17.7. The number of rotatable bonds is 8. The Morgan fingerprint density at radius 1 is 1.06 bits per heavy atom. The topological polar surface area (TPSA) is 90.9 Å². The van der Waals surface area contributed by atoms with Gasteiger partial charge in [-0.25, -0.2) is 9.59 Å². The van der Waals surface area contributed by atoms with Crippen LogP contribution in [-0.4, -0.2) is 37.7 Å². The van der Waals surface area contributed by atoms with Crippen LogP contribution >= 0.6 is 11.3 Å². The minimum Gasteiger partial charge on any atom is -0.484 e. The van der Waals surface area contributed by atoms with Gasteiger partial charge in [0.05, 0.1) is 24.3 Å². The van der Waals surface area contributed by atoms with Crippen LogP contribution in [0, 0.1) is 6.92 Å². The number of carbonyl (C=O) groups excluding carboxylic acids is 3. The Kier molecular flexibility index (Phi) is 8.03. The van der Waals surface area contributed by atoms with Crippen molar-refractivity contribution in [2.75, 3.05) is 25.1 Å². The smallest absolute Gasteiger partial charge is 0.416 e. The second-order valence-corrected chi connectivity index (χ2v) is 7.08. The fourth-order valence-electron chi connectivity index (χ4n) is 2.52. The first kappa shape index (κ1) is 24.2. The zero-order chi connectivity index (χ0) is 23.2. The number of thiophene rings is 1. The minimum atomic E-state index is -4.55. The van der Waals surface area contributed by atoms with Crippen LogP contribution in [0.4, 0.5) is 18.2 Å². The molecule has 0 aliphatic rings. The minimum absolute atomic E-state index is 0.00215. The van der Waals surface area contributed by atoms with E-state index >= 15 is 0 Å². The molecule has 0 saturated carbocycles. The van der Waals surface area contributed by atoms with E-state index in [0.29, 0.717) is 0 Å². The van der Waals surface area contributed by atoms with E-state index in [1.54, 1.807) is 13.8 Å². The van der Waals surface area contributed by atoms with Gasteiger partial charge in [-0.15, -0.1) is 11.3 Å². The molecule has 0 unspecified atom stereocenters. The van der Waals surface area contributed by atoms with Crippen molar-refractivity contribution < 1.29 is 41.8 Å². The quantitative estimate of drug-likeness (QED) is 0.587. The van der Waals surface area contributed by atoms with Crippen molar-refractivity contribution in [3.8, 4) is 5.75 Å². The van der Waals surface area contributed by atoms with Crippen LogP contribution < -0.4 is 10.1 Å². The number of halogens is 3. The van der Waals surface area contributed by atoms with E-state index in [1.165, 1.54) is 13.0 Å². The molecule has 11 heteroatoms. The van der Waals surface area contributed by atoms with E-state index in [0.717, 1.165) is 29.5 Å². The molecule has 1 N–H and O–H groups in total. The third-order valence-electron chi connectivity index (χ3n) is 3.87. The highest BCUT2D eigenvalue weighted by molar-refractivity contribution is 7.18. The van der Waals surface area contributed by atoms with E-state index in [9.17, 15) is 27.6 Å². The molecule has 1 aromatic heterocycles. The Morgan fingerprint density at radius 2 is 1.71 bits per heavy atom. The molecule has 7 nitrogen and oxygen atoms in total. The van der Waals surface area contributed by atoms with Crippen LogP contribution in [0.15, 0.2) is 24.3 Å². The van der Waals surface area contributed by atoms with Crippen LogP contribution in [0.2, 0.25) is 0 Å². The van der Waals surface area contributed by atoms with Crippen molar-refractivity contribution in [3.05, 3.63) is 45.8 Å². The molecule has 0 aliphatic carbocycles. The maximum Gasteiger partial charge on any atom is 0.416 e.